The lowest BCUT2D eigenvalue weighted by molar-refractivity contribution is 0.311. The Hall–Kier alpha value is -2.79. The number of hydrogen-bond acceptors (Lipinski definition) is 4. The van der Waals surface area contributed by atoms with E-state index in [9.17, 15) is 0 Å². The molecule has 0 amide bonds. The summed E-state index contributed by atoms with van der Waals surface area (Å²) in [6.45, 7) is 0.918. The molecular formula is C18H18N4O. The lowest BCUT2D eigenvalue weighted by atomic mass is 10.0. The van der Waals surface area contributed by atoms with Gasteiger partial charge in [-0.2, -0.15) is 0 Å². The predicted molar refractivity (Wildman–Crippen MR) is 90.0 cm³/mol. The fraction of sp³-hybridized carbons (Fsp3) is 0.167. The molecule has 0 saturated carbocycles. The number of aromatic nitrogens is 2. The maximum Gasteiger partial charge on any atom is 0.219 e. The topological polar surface area (TPSA) is 65.1 Å². The average Bonchev–Trinajstić information content (AvgIpc) is 3.09. The van der Waals surface area contributed by atoms with Gasteiger partial charge in [0.25, 0.3) is 0 Å². The van der Waals surface area contributed by atoms with Crippen molar-refractivity contribution in [1.29, 1.82) is 0 Å². The van der Waals surface area contributed by atoms with Crippen molar-refractivity contribution in [2.24, 2.45) is 5.73 Å². The maximum atomic E-state index is 5.73. The van der Waals surface area contributed by atoms with Crippen LogP contribution in [-0.2, 0) is 0 Å². The third-order valence-corrected chi connectivity index (χ3v) is 4.01. The van der Waals surface area contributed by atoms with Gasteiger partial charge >= 0.3 is 0 Å². The number of rotatable bonds is 4. The minimum atomic E-state index is -0.0126. The van der Waals surface area contributed by atoms with Gasteiger partial charge in [0.2, 0.25) is 5.88 Å². The Bertz CT molecular complexity index is 827. The summed E-state index contributed by atoms with van der Waals surface area (Å²) in [6, 6.07) is 16.4. The van der Waals surface area contributed by atoms with Gasteiger partial charge in [-0.1, -0.05) is 12.1 Å². The molecule has 1 aliphatic heterocycles. The highest BCUT2D eigenvalue weighted by atomic mass is 16.5. The van der Waals surface area contributed by atoms with E-state index < -0.39 is 0 Å². The van der Waals surface area contributed by atoms with Gasteiger partial charge in [0.05, 0.1) is 17.4 Å². The van der Waals surface area contributed by atoms with Gasteiger partial charge in [0.1, 0.15) is 6.61 Å². The normalized spacial score (nSPS) is 15.4. The first kappa shape index (κ1) is 13.8. The first-order chi connectivity index (χ1) is 11.4. The Morgan fingerprint density at radius 2 is 2.04 bits per heavy atom. The minimum absolute atomic E-state index is 0.0126. The molecule has 1 aromatic carbocycles. The lowest BCUT2D eigenvalue weighted by Crippen LogP contribution is -2.23. The van der Waals surface area contributed by atoms with Crippen LogP contribution in [-0.4, -0.2) is 22.7 Å². The van der Waals surface area contributed by atoms with Crippen LogP contribution in [0.5, 0.6) is 5.88 Å². The van der Waals surface area contributed by atoms with Crippen LogP contribution >= 0.6 is 0 Å². The number of para-hydroxylation sites is 2. The van der Waals surface area contributed by atoms with Crippen molar-refractivity contribution in [1.82, 2.24) is 9.55 Å². The molecule has 5 heteroatoms. The molecule has 1 aliphatic rings. The second-order valence-electron chi connectivity index (χ2n) is 5.43. The van der Waals surface area contributed by atoms with Crippen molar-refractivity contribution in [2.45, 2.75) is 6.04 Å². The molecule has 3 heterocycles. The summed E-state index contributed by atoms with van der Waals surface area (Å²) in [5, 5.41) is 3.60. The van der Waals surface area contributed by atoms with E-state index in [0.29, 0.717) is 19.0 Å². The molecule has 116 valence electrons. The Morgan fingerprint density at radius 3 is 2.96 bits per heavy atom. The fourth-order valence-corrected chi connectivity index (χ4v) is 3.02. The molecule has 1 unspecified atom stereocenters. The van der Waals surface area contributed by atoms with E-state index in [1.807, 2.05) is 24.3 Å². The highest BCUT2D eigenvalue weighted by molar-refractivity contribution is 5.67. The van der Waals surface area contributed by atoms with Crippen LogP contribution in [0, 0.1) is 0 Å². The molecule has 4 rings (SSSR count). The van der Waals surface area contributed by atoms with Gasteiger partial charge in [-0.05, 0) is 36.4 Å². The number of fused-ring (bicyclic) bond motifs is 3. The number of hydrogen-bond donors (Lipinski definition) is 2. The quantitative estimate of drug-likeness (QED) is 0.778. The maximum absolute atomic E-state index is 5.73. The van der Waals surface area contributed by atoms with Crippen molar-refractivity contribution in [3.63, 3.8) is 0 Å². The molecule has 2 aromatic heterocycles. The summed E-state index contributed by atoms with van der Waals surface area (Å²) in [7, 11) is 0. The summed E-state index contributed by atoms with van der Waals surface area (Å²) in [6.07, 6.45) is 3.82. The fourth-order valence-electron chi connectivity index (χ4n) is 3.02. The molecule has 0 bridgehead atoms. The molecule has 0 saturated heterocycles. The van der Waals surface area contributed by atoms with Crippen LogP contribution in [0.1, 0.15) is 17.3 Å². The zero-order valence-electron chi connectivity index (χ0n) is 12.6. The second-order valence-corrected chi connectivity index (χ2v) is 5.43. The molecule has 5 nitrogen and oxygen atoms in total. The van der Waals surface area contributed by atoms with E-state index in [0.717, 1.165) is 22.6 Å². The Morgan fingerprint density at radius 1 is 1.13 bits per heavy atom. The van der Waals surface area contributed by atoms with Gasteiger partial charge < -0.3 is 20.4 Å². The summed E-state index contributed by atoms with van der Waals surface area (Å²) in [5.74, 6) is 0.627. The van der Waals surface area contributed by atoms with Crippen LogP contribution in [0.4, 0.5) is 5.69 Å². The number of nitrogens with two attached hydrogens (primary N) is 1. The monoisotopic (exact) mass is 306 g/mol. The Balaban J connectivity index is 1.80. The SMILES string of the molecule is NCCOc1ncccc1C1Nc2ccccc2-n2cccc21. The van der Waals surface area contributed by atoms with Gasteiger partial charge in [-0.15, -0.1) is 0 Å². The second kappa shape index (κ2) is 5.78. The number of pyridine rings is 1. The zero-order chi connectivity index (χ0) is 15.6. The molecule has 0 fully saturated rings. The number of ether oxygens (including phenoxy) is 1. The molecule has 1 atom stereocenters. The smallest absolute Gasteiger partial charge is 0.219 e. The number of anilines is 1. The van der Waals surface area contributed by atoms with Crippen molar-refractivity contribution in [3.8, 4) is 11.6 Å². The first-order valence-electron chi connectivity index (χ1n) is 7.69. The Labute approximate surface area is 134 Å². The van der Waals surface area contributed by atoms with Gasteiger partial charge in [-0.25, -0.2) is 4.98 Å². The van der Waals surface area contributed by atoms with E-state index in [1.165, 1.54) is 0 Å². The van der Waals surface area contributed by atoms with E-state index >= 15 is 0 Å². The van der Waals surface area contributed by atoms with E-state index in [1.54, 1.807) is 6.20 Å². The molecule has 0 aliphatic carbocycles. The minimum Gasteiger partial charge on any atom is -0.476 e. The highest BCUT2D eigenvalue weighted by Crippen LogP contribution is 2.38. The summed E-state index contributed by atoms with van der Waals surface area (Å²) >= 11 is 0. The van der Waals surface area contributed by atoms with E-state index in [-0.39, 0.29) is 6.04 Å². The zero-order valence-corrected chi connectivity index (χ0v) is 12.6. The highest BCUT2D eigenvalue weighted by Gasteiger charge is 2.27. The summed E-state index contributed by atoms with van der Waals surface area (Å²) in [4.78, 5) is 4.38. The summed E-state index contributed by atoms with van der Waals surface area (Å²) < 4.78 is 7.94. The third-order valence-electron chi connectivity index (χ3n) is 4.01. The predicted octanol–water partition coefficient (Wildman–Crippen LogP) is 2.72. The van der Waals surface area contributed by atoms with Crippen LogP contribution in [0.15, 0.2) is 60.9 Å². The van der Waals surface area contributed by atoms with Gasteiger partial charge in [0.15, 0.2) is 0 Å². The molecule has 0 spiro atoms. The van der Waals surface area contributed by atoms with Crippen molar-refractivity contribution >= 4 is 5.69 Å². The van der Waals surface area contributed by atoms with Crippen molar-refractivity contribution < 1.29 is 4.74 Å². The average molecular weight is 306 g/mol. The van der Waals surface area contributed by atoms with Crippen LogP contribution < -0.4 is 15.8 Å². The van der Waals surface area contributed by atoms with Crippen molar-refractivity contribution in [2.75, 3.05) is 18.5 Å². The standard InChI is InChI=1S/C18H18N4O/c19-9-12-23-18-13(5-3-10-20-18)17-16-8-4-11-22(16)15-7-2-1-6-14(15)21-17/h1-8,10-11,17,21H,9,12,19H2. The molecule has 3 aromatic rings. The van der Waals surface area contributed by atoms with E-state index in [2.05, 4.69) is 45.3 Å². The number of nitrogens with one attached hydrogen (secondary N) is 1. The largest absolute Gasteiger partial charge is 0.476 e. The van der Waals surface area contributed by atoms with E-state index in [4.69, 9.17) is 10.5 Å². The van der Waals surface area contributed by atoms with Crippen LogP contribution in [0.25, 0.3) is 5.69 Å². The molecule has 23 heavy (non-hydrogen) atoms. The van der Waals surface area contributed by atoms with Crippen molar-refractivity contribution in [3.05, 3.63) is 72.2 Å². The Kier molecular flexibility index (Phi) is 3.48. The third kappa shape index (κ3) is 2.35. The van der Waals surface area contributed by atoms with Crippen LogP contribution in [0.2, 0.25) is 0 Å². The summed E-state index contributed by atoms with van der Waals surface area (Å²) in [5.41, 5.74) is 9.97. The van der Waals surface area contributed by atoms with Crippen LogP contribution in [0.3, 0.4) is 0 Å². The number of benzene rings is 1. The number of nitrogens with zero attached hydrogens (tertiary/aromatic N) is 2. The first-order valence-corrected chi connectivity index (χ1v) is 7.69. The molecular weight excluding hydrogens is 288 g/mol. The van der Waals surface area contributed by atoms with Gasteiger partial charge in [-0.3, -0.25) is 0 Å². The lowest BCUT2D eigenvalue weighted by Gasteiger charge is -2.30. The van der Waals surface area contributed by atoms with Gasteiger partial charge in [0, 0.05) is 30.2 Å². The molecule has 3 N–H and O–H groups in total. The molecule has 0 radical (unpaired) electrons.